The van der Waals surface area contributed by atoms with Gasteiger partial charge in [0.15, 0.2) is 0 Å². The molecule has 4 atom stereocenters. The van der Waals surface area contributed by atoms with Crippen LogP contribution in [0.4, 0.5) is 22.7 Å². The van der Waals surface area contributed by atoms with E-state index < -0.39 is 0 Å². The van der Waals surface area contributed by atoms with Crippen LogP contribution in [0, 0.1) is 11.8 Å². The van der Waals surface area contributed by atoms with Gasteiger partial charge in [0.1, 0.15) is 0 Å². The van der Waals surface area contributed by atoms with Crippen LogP contribution in [-0.2, 0) is 0 Å². The summed E-state index contributed by atoms with van der Waals surface area (Å²) in [5.74, 6) is 0.960. The third-order valence-corrected chi connectivity index (χ3v) is 10.4. The molecular weight excluding hydrogens is 605 g/mol. The number of fused-ring (bicyclic) bond motifs is 3. The summed E-state index contributed by atoms with van der Waals surface area (Å²) in [5.41, 5.74) is 11.9. The number of allylic oxidation sites excluding steroid dienone is 4. The van der Waals surface area contributed by atoms with Gasteiger partial charge in [-0.15, -0.1) is 0 Å². The molecule has 0 aromatic heterocycles. The normalized spacial score (nSPS) is 20.0. The number of anilines is 4. The quantitative estimate of drug-likeness (QED) is 0.171. The zero-order valence-corrected chi connectivity index (χ0v) is 27.8. The number of nitrogens with zero attached hydrogens (tertiary/aromatic N) is 2. The second-order valence-corrected chi connectivity index (χ2v) is 13.3. The van der Waals surface area contributed by atoms with Gasteiger partial charge in [-0.05, 0) is 81.9 Å². The molecule has 4 unspecified atom stereocenters. The van der Waals surface area contributed by atoms with Crippen molar-refractivity contribution in [1.82, 2.24) is 0 Å². The second kappa shape index (κ2) is 13.1. The monoisotopic (exact) mass is 642 g/mol. The topological polar surface area (TPSA) is 6.48 Å². The van der Waals surface area contributed by atoms with Crippen LogP contribution < -0.4 is 9.80 Å². The van der Waals surface area contributed by atoms with Gasteiger partial charge in [0.25, 0.3) is 0 Å². The van der Waals surface area contributed by atoms with Crippen LogP contribution in [0.15, 0.2) is 206 Å². The molecule has 1 heterocycles. The van der Waals surface area contributed by atoms with E-state index in [1.54, 1.807) is 0 Å². The molecule has 50 heavy (non-hydrogen) atoms. The summed E-state index contributed by atoms with van der Waals surface area (Å²) >= 11 is 0. The number of rotatable bonds is 7. The van der Waals surface area contributed by atoms with Gasteiger partial charge in [0.2, 0.25) is 0 Å². The van der Waals surface area contributed by atoms with Crippen LogP contribution in [0.3, 0.4) is 0 Å². The minimum absolute atomic E-state index is 0.345. The van der Waals surface area contributed by atoms with E-state index in [-0.39, 0.29) is 0 Å². The lowest BCUT2D eigenvalue weighted by atomic mass is 9.83. The Morgan fingerprint density at radius 1 is 0.340 bits per heavy atom. The third-order valence-electron chi connectivity index (χ3n) is 10.4. The summed E-state index contributed by atoms with van der Waals surface area (Å²) in [6.07, 6.45) is 18.4. The molecule has 1 fully saturated rings. The lowest BCUT2D eigenvalue weighted by Gasteiger charge is -2.32. The molecule has 0 N–H and O–H groups in total. The van der Waals surface area contributed by atoms with E-state index in [9.17, 15) is 0 Å². The summed E-state index contributed by atoms with van der Waals surface area (Å²) in [7, 11) is 0. The third kappa shape index (κ3) is 5.59. The molecule has 0 bridgehead atoms. The SMILES string of the molecule is C1=CC2C3C=CC=CC3N(c3cccc(-c4cccc(N(c5ccc(-c6ccccc6)cc5)c5ccc(-c6ccccc6)cc5)c4)c3)C2C=C1. The van der Waals surface area contributed by atoms with E-state index in [0.29, 0.717) is 23.9 Å². The van der Waals surface area contributed by atoms with Crippen LogP contribution in [0.25, 0.3) is 33.4 Å². The fraction of sp³-hybridized carbons (Fsp3) is 0.0833. The van der Waals surface area contributed by atoms with E-state index in [1.165, 1.54) is 39.1 Å². The molecule has 240 valence electrons. The van der Waals surface area contributed by atoms with Crippen molar-refractivity contribution in [2.45, 2.75) is 12.1 Å². The van der Waals surface area contributed by atoms with Crippen molar-refractivity contribution in [1.29, 1.82) is 0 Å². The summed E-state index contributed by atoms with van der Waals surface area (Å²) in [6, 6.07) is 57.8. The number of hydrogen-bond donors (Lipinski definition) is 0. The first-order valence-electron chi connectivity index (χ1n) is 17.6. The lowest BCUT2D eigenvalue weighted by molar-refractivity contribution is 0.527. The van der Waals surface area contributed by atoms with Crippen molar-refractivity contribution in [2.75, 3.05) is 9.80 Å². The van der Waals surface area contributed by atoms with Crippen molar-refractivity contribution >= 4 is 22.7 Å². The van der Waals surface area contributed by atoms with Gasteiger partial charge in [-0.1, -0.05) is 158 Å². The minimum atomic E-state index is 0.345. The molecule has 0 saturated carbocycles. The Morgan fingerprint density at radius 3 is 1.32 bits per heavy atom. The highest BCUT2D eigenvalue weighted by atomic mass is 15.2. The Kier molecular flexibility index (Phi) is 7.83. The largest absolute Gasteiger partial charge is 0.357 e. The Bertz CT molecular complexity index is 2110. The summed E-state index contributed by atoms with van der Waals surface area (Å²) in [4.78, 5) is 4.99. The Balaban J connectivity index is 1.09. The van der Waals surface area contributed by atoms with E-state index in [1.807, 2.05) is 0 Å². The standard InChI is InChI=1S/C48H38N2/c1-3-13-35(14-4-1)37-25-29-41(30-26-37)49(42-31-27-38(28-32-42)36-15-5-2-6-16-36)43-19-11-17-39(33-43)40-18-12-20-44(34-40)50-47-23-9-7-21-45(47)46-22-8-10-24-48(46)50/h1-34,45-48H. The van der Waals surface area contributed by atoms with Crippen LogP contribution in [0.2, 0.25) is 0 Å². The van der Waals surface area contributed by atoms with Crippen LogP contribution in [0.1, 0.15) is 0 Å². The highest BCUT2D eigenvalue weighted by Gasteiger charge is 2.45. The highest BCUT2D eigenvalue weighted by Crippen LogP contribution is 2.45. The first kappa shape index (κ1) is 30.0. The first-order chi connectivity index (χ1) is 24.8. The summed E-state index contributed by atoms with van der Waals surface area (Å²) in [6.45, 7) is 0. The molecule has 2 heteroatoms. The maximum Gasteiger partial charge on any atom is 0.0551 e. The molecular formula is C48H38N2. The molecule has 0 spiro atoms. The van der Waals surface area contributed by atoms with E-state index in [0.717, 1.165) is 17.1 Å². The van der Waals surface area contributed by atoms with Crippen molar-refractivity contribution in [3.8, 4) is 33.4 Å². The summed E-state index contributed by atoms with van der Waals surface area (Å²) < 4.78 is 0. The zero-order valence-electron chi connectivity index (χ0n) is 27.8. The van der Waals surface area contributed by atoms with E-state index in [4.69, 9.17) is 0 Å². The van der Waals surface area contributed by atoms with Gasteiger partial charge in [0.05, 0.1) is 12.1 Å². The molecule has 1 aliphatic heterocycles. The van der Waals surface area contributed by atoms with Crippen molar-refractivity contribution in [3.63, 3.8) is 0 Å². The fourth-order valence-corrected chi connectivity index (χ4v) is 8.02. The smallest absolute Gasteiger partial charge is 0.0551 e. The van der Waals surface area contributed by atoms with Crippen molar-refractivity contribution in [2.24, 2.45) is 11.8 Å². The zero-order chi connectivity index (χ0) is 33.3. The predicted octanol–water partition coefficient (Wildman–Crippen LogP) is 12.2. The molecule has 9 rings (SSSR count). The van der Waals surface area contributed by atoms with Crippen molar-refractivity contribution < 1.29 is 0 Å². The maximum absolute atomic E-state index is 2.62. The van der Waals surface area contributed by atoms with Crippen LogP contribution in [0.5, 0.6) is 0 Å². The van der Waals surface area contributed by atoms with E-state index in [2.05, 4.69) is 216 Å². The highest BCUT2D eigenvalue weighted by molar-refractivity contribution is 5.82. The Labute approximate surface area is 295 Å². The van der Waals surface area contributed by atoms with Gasteiger partial charge < -0.3 is 9.80 Å². The average molecular weight is 643 g/mol. The molecule has 1 saturated heterocycles. The average Bonchev–Trinajstić information content (AvgIpc) is 3.54. The molecule has 3 aliphatic rings. The maximum atomic E-state index is 2.62. The fourth-order valence-electron chi connectivity index (χ4n) is 8.02. The van der Waals surface area contributed by atoms with Crippen molar-refractivity contribution in [3.05, 3.63) is 206 Å². The van der Waals surface area contributed by atoms with Gasteiger partial charge in [-0.3, -0.25) is 0 Å². The van der Waals surface area contributed by atoms with Crippen LogP contribution >= 0.6 is 0 Å². The molecule has 6 aromatic carbocycles. The Morgan fingerprint density at radius 2 is 0.780 bits per heavy atom. The molecule has 0 radical (unpaired) electrons. The van der Waals surface area contributed by atoms with E-state index >= 15 is 0 Å². The lowest BCUT2D eigenvalue weighted by Crippen LogP contribution is -2.36. The summed E-state index contributed by atoms with van der Waals surface area (Å²) in [5, 5.41) is 0. The molecule has 2 aliphatic carbocycles. The van der Waals surface area contributed by atoms with Gasteiger partial charge in [0, 0.05) is 34.6 Å². The van der Waals surface area contributed by atoms with Gasteiger partial charge in [-0.2, -0.15) is 0 Å². The number of hydrogen-bond acceptors (Lipinski definition) is 2. The van der Waals surface area contributed by atoms with Gasteiger partial charge in [-0.25, -0.2) is 0 Å². The molecule has 2 nitrogen and oxygen atoms in total. The first-order valence-corrected chi connectivity index (χ1v) is 17.6. The minimum Gasteiger partial charge on any atom is -0.357 e. The molecule has 0 amide bonds. The molecule has 6 aromatic rings. The Hall–Kier alpha value is -6.12. The predicted molar refractivity (Wildman–Crippen MR) is 211 cm³/mol. The van der Waals surface area contributed by atoms with Gasteiger partial charge >= 0.3 is 0 Å². The number of benzene rings is 6. The second-order valence-electron chi connectivity index (χ2n) is 13.3. The van der Waals surface area contributed by atoms with Crippen LogP contribution in [-0.4, -0.2) is 12.1 Å².